The quantitative estimate of drug-likeness (QED) is 0.726. The third kappa shape index (κ3) is 3.07. The molecule has 0 saturated carbocycles. The molecule has 2 heterocycles. The summed E-state index contributed by atoms with van der Waals surface area (Å²) < 4.78 is 14.6. The lowest BCUT2D eigenvalue weighted by atomic mass is 10.2. The van der Waals surface area contributed by atoms with Crippen LogP contribution < -0.4 is 0 Å². The Balaban J connectivity index is 1.86. The predicted molar refractivity (Wildman–Crippen MR) is 90.9 cm³/mol. The van der Waals surface area contributed by atoms with E-state index in [0.717, 1.165) is 4.88 Å². The second kappa shape index (κ2) is 6.52. The molecule has 0 radical (unpaired) electrons. The largest absolute Gasteiger partial charge is 0.331 e. The zero-order valence-corrected chi connectivity index (χ0v) is 14.4. The Kier molecular flexibility index (Phi) is 4.44. The fourth-order valence-corrected chi connectivity index (χ4v) is 3.19. The SMILES string of the molecule is Cc1nc(C(=O)N(C)C(C)c2cccs2)nn1-c1ccc(F)cc1. The van der Waals surface area contributed by atoms with Gasteiger partial charge in [0.25, 0.3) is 5.91 Å². The Hall–Kier alpha value is -2.54. The number of amides is 1. The third-order valence-corrected chi connectivity index (χ3v) is 4.93. The van der Waals surface area contributed by atoms with E-state index >= 15 is 0 Å². The fraction of sp³-hybridized carbons (Fsp3) is 0.235. The van der Waals surface area contributed by atoms with Gasteiger partial charge in [-0.15, -0.1) is 16.4 Å². The highest BCUT2D eigenvalue weighted by atomic mass is 32.1. The van der Waals surface area contributed by atoms with E-state index < -0.39 is 0 Å². The molecule has 0 aliphatic rings. The Morgan fingerprint density at radius 1 is 1.29 bits per heavy atom. The minimum atomic E-state index is -0.322. The molecule has 7 heteroatoms. The monoisotopic (exact) mass is 344 g/mol. The van der Waals surface area contributed by atoms with Gasteiger partial charge in [-0.2, -0.15) is 0 Å². The van der Waals surface area contributed by atoms with Crippen LogP contribution in [0.2, 0.25) is 0 Å². The number of aromatic nitrogens is 3. The summed E-state index contributed by atoms with van der Waals surface area (Å²) in [5.41, 5.74) is 0.661. The lowest BCUT2D eigenvalue weighted by Crippen LogP contribution is -2.30. The summed E-state index contributed by atoms with van der Waals surface area (Å²) in [6, 6.07) is 9.80. The minimum absolute atomic E-state index is 0.0597. The van der Waals surface area contributed by atoms with Crippen molar-refractivity contribution in [3.63, 3.8) is 0 Å². The van der Waals surface area contributed by atoms with Crippen molar-refractivity contribution in [1.29, 1.82) is 0 Å². The molecule has 124 valence electrons. The van der Waals surface area contributed by atoms with Crippen LogP contribution in [0.4, 0.5) is 4.39 Å². The van der Waals surface area contributed by atoms with Crippen LogP contribution in [0.3, 0.4) is 0 Å². The van der Waals surface area contributed by atoms with Crippen molar-refractivity contribution in [3.05, 3.63) is 64.1 Å². The Labute approximate surface area is 143 Å². The lowest BCUT2D eigenvalue weighted by Gasteiger charge is -2.22. The first-order valence-electron chi connectivity index (χ1n) is 7.47. The Morgan fingerprint density at radius 2 is 2.00 bits per heavy atom. The van der Waals surface area contributed by atoms with Crippen molar-refractivity contribution in [2.75, 3.05) is 7.05 Å². The summed E-state index contributed by atoms with van der Waals surface area (Å²) >= 11 is 1.60. The lowest BCUT2D eigenvalue weighted by molar-refractivity contribution is 0.0732. The van der Waals surface area contributed by atoms with Crippen LogP contribution in [0.5, 0.6) is 0 Å². The third-order valence-electron chi connectivity index (χ3n) is 3.89. The Morgan fingerprint density at radius 3 is 2.62 bits per heavy atom. The van der Waals surface area contributed by atoms with Gasteiger partial charge in [-0.25, -0.2) is 14.1 Å². The summed E-state index contributed by atoms with van der Waals surface area (Å²) in [6.07, 6.45) is 0. The van der Waals surface area contributed by atoms with Gasteiger partial charge >= 0.3 is 0 Å². The van der Waals surface area contributed by atoms with E-state index in [1.165, 1.54) is 16.8 Å². The van der Waals surface area contributed by atoms with Gasteiger partial charge in [-0.3, -0.25) is 4.79 Å². The number of carbonyl (C=O) groups excluding carboxylic acids is 1. The maximum atomic E-state index is 13.1. The zero-order valence-electron chi connectivity index (χ0n) is 13.6. The molecular formula is C17H17FN4OS. The number of hydrogen-bond acceptors (Lipinski definition) is 4. The highest BCUT2D eigenvalue weighted by Gasteiger charge is 2.24. The number of benzene rings is 1. The van der Waals surface area contributed by atoms with Crippen LogP contribution >= 0.6 is 11.3 Å². The molecule has 3 aromatic rings. The van der Waals surface area contributed by atoms with E-state index in [9.17, 15) is 9.18 Å². The maximum absolute atomic E-state index is 13.1. The fourth-order valence-electron chi connectivity index (χ4n) is 2.36. The molecule has 1 aromatic carbocycles. The van der Waals surface area contributed by atoms with Gasteiger partial charge < -0.3 is 4.90 Å². The molecule has 24 heavy (non-hydrogen) atoms. The topological polar surface area (TPSA) is 51.0 Å². The van der Waals surface area contributed by atoms with Crippen LogP contribution in [-0.4, -0.2) is 32.6 Å². The summed E-state index contributed by atoms with van der Waals surface area (Å²) in [7, 11) is 1.74. The molecule has 5 nitrogen and oxygen atoms in total. The second-order valence-corrected chi connectivity index (χ2v) is 6.46. The molecule has 3 rings (SSSR count). The van der Waals surface area contributed by atoms with Gasteiger partial charge in [0.05, 0.1) is 11.7 Å². The highest BCUT2D eigenvalue weighted by Crippen LogP contribution is 2.24. The van der Waals surface area contributed by atoms with E-state index in [2.05, 4.69) is 10.1 Å². The molecule has 0 saturated heterocycles. The van der Waals surface area contributed by atoms with Crippen LogP contribution in [-0.2, 0) is 0 Å². The summed E-state index contributed by atoms with van der Waals surface area (Å²) in [6.45, 7) is 3.73. The summed E-state index contributed by atoms with van der Waals surface area (Å²) in [4.78, 5) is 19.6. The molecule has 1 unspecified atom stereocenters. The first-order chi connectivity index (χ1) is 11.5. The van der Waals surface area contributed by atoms with Crippen LogP contribution in [0.25, 0.3) is 5.69 Å². The highest BCUT2D eigenvalue weighted by molar-refractivity contribution is 7.10. The molecule has 1 amide bonds. The van der Waals surface area contributed by atoms with Crippen LogP contribution in [0.1, 0.15) is 34.3 Å². The first kappa shape index (κ1) is 16.3. The number of hydrogen-bond donors (Lipinski definition) is 0. The van der Waals surface area contributed by atoms with Gasteiger partial charge in [0.2, 0.25) is 5.82 Å². The molecule has 0 N–H and O–H groups in total. The standard InChI is InChI=1S/C17H17FN4OS/c1-11(15-5-4-10-24-15)21(3)17(23)16-19-12(2)22(20-16)14-8-6-13(18)7-9-14/h4-11H,1-3H3. The van der Waals surface area contributed by atoms with Crippen molar-refractivity contribution in [3.8, 4) is 5.69 Å². The van der Waals surface area contributed by atoms with Crippen LogP contribution in [0.15, 0.2) is 41.8 Å². The van der Waals surface area contributed by atoms with Crippen molar-refractivity contribution in [1.82, 2.24) is 19.7 Å². The van der Waals surface area contributed by atoms with Crippen molar-refractivity contribution in [2.24, 2.45) is 0 Å². The molecule has 0 aliphatic carbocycles. The van der Waals surface area contributed by atoms with E-state index in [1.807, 2.05) is 24.4 Å². The van der Waals surface area contributed by atoms with Gasteiger partial charge in [0, 0.05) is 11.9 Å². The minimum Gasteiger partial charge on any atom is -0.331 e. The number of aryl methyl sites for hydroxylation is 1. The normalized spacial score (nSPS) is 12.2. The van der Waals surface area contributed by atoms with Gasteiger partial charge in [-0.05, 0) is 49.6 Å². The molecular weight excluding hydrogens is 327 g/mol. The van der Waals surface area contributed by atoms with Crippen molar-refractivity contribution < 1.29 is 9.18 Å². The molecule has 1 atom stereocenters. The van der Waals surface area contributed by atoms with E-state index in [1.54, 1.807) is 42.3 Å². The number of halogens is 1. The molecule has 0 spiro atoms. The number of rotatable bonds is 4. The molecule has 2 aromatic heterocycles. The van der Waals surface area contributed by atoms with E-state index in [4.69, 9.17) is 0 Å². The van der Waals surface area contributed by atoms with E-state index in [-0.39, 0.29) is 23.6 Å². The second-order valence-electron chi connectivity index (χ2n) is 5.48. The van der Waals surface area contributed by atoms with E-state index in [0.29, 0.717) is 11.5 Å². The predicted octanol–water partition coefficient (Wildman–Crippen LogP) is 3.61. The van der Waals surface area contributed by atoms with Gasteiger partial charge in [0.1, 0.15) is 11.6 Å². The van der Waals surface area contributed by atoms with Crippen molar-refractivity contribution in [2.45, 2.75) is 19.9 Å². The zero-order chi connectivity index (χ0) is 17.3. The maximum Gasteiger partial charge on any atom is 0.293 e. The summed E-state index contributed by atoms with van der Waals surface area (Å²) in [5.74, 6) is 0.127. The number of thiophene rings is 1. The van der Waals surface area contributed by atoms with Gasteiger partial charge in [-0.1, -0.05) is 6.07 Å². The number of carbonyl (C=O) groups is 1. The average Bonchev–Trinajstić information content (AvgIpc) is 3.23. The first-order valence-corrected chi connectivity index (χ1v) is 8.35. The van der Waals surface area contributed by atoms with Gasteiger partial charge in [0.15, 0.2) is 0 Å². The smallest absolute Gasteiger partial charge is 0.293 e. The average molecular weight is 344 g/mol. The van der Waals surface area contributed by atoms with Crippen LogP contribution in [0, 0.1) is 12.7 Å². The number of nitrogens with zero attached hydrogens (tertiary/aromatic N) is 4. The summed E-state index contributed by atoms with van der Waals surface area (Å²) in [5, 5.41) is 6.27. The van der Waals surface area contributed by atoms with Crippen molar-refractivity contribution >= 4 is 17.2 Å². The molecule has 0 bridgehead atoms. The molecule has 0 aliphatic heterocycles. The Bertz CT molecular complexity index is 842. The molecule has 0 fully saturated rings.